The summed E-state index contributed by atoms with van der Waals surface area (Å²) in [6.07, 6.45) is 3.70. The van der Waals surface area contributed by atoms with Crippen LogP contribution >= 0.6 is 12.2 Å². The predicted octanol–water partition coefficient (Wildman–Crippen LogP) is 1.62. The molecule has 0 saturated heterocycles. The lowest BCUT2D eigenvalue weighted by molar-refractivity contribution is 0.258. The van der Waals surface area contributed by atoms with E-state index >= 15 is 0 Å². The summed E-state index contributed by atoms with van der Waals surface area (Å²) in [5.74, 6) is 0.648. The second-order valence-electron chi connectivity index (χ2n) is 4.04. The molecule has 1 heterocycles. The Bertz CT molecular complexity index is 378. The van der Waals surface area contributed by atoms with Gasteiger partial charge in [-0.25, -0.2) is 0 Å². The van der Waals surface area contributed by atoms with Gasteiger partial charge < -0.3 is 9.67 Å². The molecule has 0 atom stereocenters. The molecule has 0 amide bonds. The van der Waals surface area contributed by atoms with Crippen LogP contribution in [0, 0.1) is 10.2 Å². The molecule has 1 aliphatic carbocycles. The number of nitrogens with one attached hydrogen (secondary N) is 1. The fourth-order valence-corrected chi connectivity index (χ4v) is 1.99. The molecule has 0 bridgehead atoms. The van der Waals surface area contributed by atoms with Crippen molar-refractivity contribution in [2.75, 3.05) is 0 Å². The number of hydrogen-bond donors (Lipinski definition) is 2. The Hall–Kier alpha value is -0.680. The lowest BCUT2D eigenvalue weighted by atomic mass is 10.0. The molecule has 0 aromatic carbocycles. The minimum absolute atomic E-state index is 0.0487. The first-order valence-corrected chi connectivity index (χ1v) is 5.36. The van der Waals surface area contributed by atoms with Crippen LogP contribution in [0.5, 0.6) is 0 Å². The van der Waals surface area contributed by atoms with Crippen molar-refractivity contribution in [3.05, 3.63) is 10.6 Å². The SMILES string of the molecule is CCC1(Cn2c(CO)n[nH]c2=S)CC1. The lowest BCUT2D eigenvalue weighted by Gasteiger charge is -2.13. The largest absolute Gasteiger partial charge is 0.388 e. The average Bonchev–Trinajstić information content (AvgIpc) is 2.89. The number of H-pyrrole nitrogens is 1. The average molecular weight is 213 g/mol. The fourth-order valence-electron chi connectivity index (χ4n) is 1.77. The molecule has 1 aliphatic rings. The molecule has 2 N–H and O–H groups in total. The Morgan fingerprint density at radius 2 is 2.36 bits per heavy atom. The smallest absolute Gasteiger partial charge is 0.195 e. The Morgan fingerprint density at radius 1 is 1.64 bits per heavy atom. The second kappa shape index (κ2) is 3.47. The molecule has 0 spiro atoms. The van der Waals surface area contributed by atoms with Gasteiger partial charge in [-0.05, 0) is 36.9 Å². The topological polar surface area (TPSA) is 53.8 Å². The van der Waals surface area contributed by atoms with Crippen LogP contribution in [0.4, 0.5) is 0 Å². The van der Waals surface area contributed by atoms with Crippen molar-refractivity contribution in [2.24, 2.45) is 5.41 Å². The molecular weight excluding hydrogens is 198 g/mol. The zero-order valence-electron chi connectivity index (χ0n) is 8.29. The van der Waals surface area contributed by atoms with Gasteiger partial charge >= 0.3 is 0 Å². The summed E-state index contributed by atoms with van der Waals surface area (Å²) in [7, 11) is 0. The third-order valence-corrected chi connectivity index (χ3v) is 3.49. The van der Waals surface area contributed by atoms with Crippen molar-refractivity contribution in [2.45, 2.75) is 39.3 Å². The summed E-state index contributed by atoms with van der Waals surface area (Å²) in [6, 6.07) is 0. The summed E-state index contributed by atoms with van der Waals surface area (Å²) >= 11 is 5.12. The number of nitrogens with zero attached hydrogens (tertiary/aromatic N) is 2. The molecule has 0 radical (unpaired) electrons. The van der Waals surface area contributed by atoms with Gasteiger partial charge in [0.2, 0.25) is 0 Å². The van der Waals surface area contributed by atoms with E-state index in [9.17, 15) is 0 Å². The molecule has 1 aromatic heterocycles. The Kier molecular flexibility index (Phi) is 2.45. The van der Waals surface area contributed by atoms with Gasteiger partial charge in [-0.2, -0.15) is 5.10 Å². The van der Waals surface area contributed by atoms with E-state index in [1.54, 1.807) is 0 Å². The van der Waals surface area contributed by atoms with Crippen molar-refractivity contribution in [3.8, 4) is 0 Å². The molecular formula is C9H15N3OS. The number of aromatic nitrogens is 3. The second-order valence-corrected chi connectivity index (χ2v) is 4.43. The molecule has 2 rings (SSSR count). The summed E-state index contributed by atoms with van der Waals surface area (Å²) in [5, 5.41) is 15.8. The van der Waals surface area contributed by atoms with E-state index in [1.807, 2.05) is 4.57 Å². The first-order chi connectivity index (χ1) is 6.71. The van der Waals surface area contributed by atoms with Crippen LogP contribution in [0.15, 0.2) is 0 Å². The van der Waals surface area contributed by atoms with E-state index in [1.165, 1.54) is 19.3 Å². The van der Waals surface area contributed by atoms with Crippen molar-refractivity contribution >= 4 is 12.2 Å². The van der Waals surface area contributed by atoms with Gasteiger partial charge in [0.05, 0.1) is 0 Å². The van der Waals surface area contributed by atoms with Crippen molar-refractivity contribution in [3.63, 3.8) is 0 Å². The van der Waals surface area contributed by atoms with E-state index in [-0.39, 0.29) is 6.61 Å². The summed E-state index contributed by atoms with van der Waals surface area (Å²) in [5.41, 5.74) is 0.423. The van der Waals surface area contributed by atoms with E-state index in [2.05, 4.69) is 17.1 Å². The first kappa shape index (κ1) is 9.86. The molecule has 0 aliphatic heterocycles. The highest BCUT2D eigenvalue weighted by Gasteiger charge is 2.41. The maximum atomic E-state index is 9.07. The van der Waals surface area contributed by atoms with Gasteiger partial charge in [0.1, 0.15) is 6.61 Å². The van der Waals surface area contributed by atoms with Crippen LogP contribution in [-0.4, -0.2) is 19.9 Å². The number of aromatic amines is 1. The highest BCUT2D eigenvalue weighted by Crippen LogP contribution is 2.50. The zero-order chi connectivity index (χ0) is 10.2. The Labute approximate surface area is 88.0 Å². The van der Waals surface area contributed by atoms with Crippen molar-refractivity contribution in [1.29, 1.82) is 0 Å². The van der Waals surface area contributed by atoms with E-state index in [0.29, 0.717) is 16.0 Å². The van der Waals surface area contributed by atoms with Gasteiger partial charge in [0, 0.05) is 6.54 Å². The van der Waals surface area contributed by atoms with Gasteiger partial charge in [-0.3, -0.25) is 5.10 Å². The Balaban J connectivity index is 2.23. The number of aliphatic hydroxyl groups is 1. The fraction of sp³-hybridized carbons (Fsp3) is 0.778. The number of rotatable bonds is 4. The summed E-state index contributed by atoms with van der Waals surface area (Å²) in [4.78, 5) is 0. The van der Waals surface area contributed by atoms with Crippen LogP contribution in [0.3, 0.4) is 0 Å². The van der Waals surface area contributed by atoms with Gasteiger partial charge in [-0.15, -0.1) is 0 Å². The summed E-state index contributed by atoms with van der Waals surface area (Å²) < 4.78 is 2.54. The normalized spacial score (nSPS) is 18.4. The number of hydrogen-bond acceptors (Lipinski definition) is 3. The zero-order valence-corrected chi connectivity index (χ0v) is 9.10. The van der Waals surface area contributed by atoms with Gasteiger partial charge in [0.15, 0.2) is 10.6 Å². The Morgan fingerprint density at radius 3 is 2.86 bits per heavy atom. The van der Waals surface area contributed by atoms with E-state index < -0.39 is 0 Å². The number of aliphatic hydroxyl groups excluding tert-OH is 1. The lowest BCUT2D eigenvalue weighted by Crippen LogP contribution is -2.13. The van der Waals surface area contributed by atoms with Crippen LogP contribution in [-0.2, 0) is 13.2 Å². The minimum Gasteiger partial charge on any atom is -0.388 e. The molecule has 4 nitrogen and oxygen atoms in total. The standard InChI is InChI=1S/C9H15N3OS/c1-2-9(3-4-9)6-12-7(5-13)10-11-8(12)14/h13H,2-6H2,1H3,(H,11,14). The monoisotopic (exact) mass is 213 g/mol. The van der Waals surface area contributed by atoms with E-state index in [0.717, 1.165) is 6.54 Å². The molecule has 78 valence electrons. The predicted molar refractivity (Wildman–Crippen MR) is 55.3 cm³/mol. The van der Waals surface area contributed by atoms with Gasteiger partial charge in [0.25, 0.3) is 0 Å². The maximum absolute atomic E-state index is 9.07. The third-order valence-electron chi connectivity index (χ3n) is 3.18. The molecule has 1 saturated carbocycles. The molecule has 14 heavy (non-hydrogen) atoms. The highest BCUT2D eigenvalue weighted by molar-refractivity contribution is 7.71. The molecule has 5 heteroatoms. The highest BCUT2D eigenvalue weighted by atomic mass is 32.1. The maximum Gasteiger partial charge on any atom is 0.195 e. The van der Waals surface area contributed by atoms with E-state index in [4.69, 9.17) is 17.3 Å². The van der Waals surface area contributed by atoms with Crippen LogP contribution in [0.25, 0.3) is 0 Å². The molecule has 0 unspecified atom stereocenters. The first-order valence-electron chi connectivity index (χ1n) is 4.96. The molecule has 1 aromatic rings. The quantitative estimate of drug-likeness (QED) is 0.747. The van der Waals surface area contributed by atoms with Crippen molar-refractivity contribution < 1.29 is 5.11 Å². The van der Waals surface area contributed by atoms with Crippen LogP contribution in [0.2, 0.25) is 0 Å². The summed E-state index contributed by atoms with van der Waals surface area (Å²) in [6.45, 7) is 3.05. The minimum atomic E-state index is -0.0487. The molecule has 1 fully saturated rings. The van der Waals surface area contributed by atoms with Crippen molar-refractivity contribution in [1.82, 2.24) is 14.8 Å². The van der Waals surface area contributed by atoms with Crippen LogP contribution < -0.4 is 0 Å². The van der Waals surface area contributed by atoms with Gasteiger partial charge in [-0.1, -0.05) is 6.92 Å². The third kappa shape index (κ3) is 1.62. The van der Waals surface area contributed by atoms with Crippen LogP contribution in [0.1, 0.15) is 32.0 Å².